The topological polar surface area (TPSA) is 170 Å². The molecule has 0 unspecified atom stereocenters. The highest BCUT2D eigenvalue weighted by Crippen LogP contribution is 2.29. The van der Waals surface area contributed by atoms with Crippen LogP contribution in [-0.4, -0.2) is 41.3 Å². The summed E-state index contributed by atoms with van der Waals surface area (Å²) in [4.78, 5) is 27.9. The van der Waals surface area contributed by atoms with Crippen LogP contribution < -0.4 is 16.2 Å². The third kappa shape index (κ3) is 3.58. The molecule has 0 aliphatic carbocycles. The molecular formula is C19H17N7O3S. The fraction of sp³-hybridized carbons (Fsp3) is 0.0526. The average molecular weight is 423 g/mol. The molecule has 0 spiro atoms. The Balaban J connectivity index is 1.90. The Morgan fingerprint density at radius 1 is 1.03 bits per heavy atom. The summed E-state index contributed by atoms with van der Waals surface area (Å²) in [5, 5.41) is 7.80. The number of nitrogens with two attached hydrogens (primary N) is 2. The molecule has 0 aliphatic heterocycles. The molecule has 4 rings (SSSR count). The number of rotatable bonds is 4. The van der Waals surface area contributed by atoms with Gasteiger partial charge in [-0.05, 0) is 24.3 Å². The summed E-state index contributed by atoms with van der Waals surface area (Å²) in [7, 11) is -2.33. The van der Waals surface area contributed by atoms with Crippen LogP contribution in [0.2, 0.25) is 0 Å². The van der Waals surface area contributed by atoms with Crippen molar-refractivity contribution in [2.45, 2.75) is 4.90 Å². The molecule has 1 amide bonds. The number of H-pyrrole nitrogens is 1. The summed E-state index contributed by atoms with van der Waals surface area (Å²) < 4.78 is 23.4. The Morgan fingerprint density at radius 3 is 2.43 bits per heavy atom. The van der Waals surface area contributed by atoms with Crippen molar-refractivity contribution in [3.63, 3.8) is 0 Å². The van der Waals surface area contributed by atoms with Crippen LogP contribution in [0.3, 0.4) is 0 Å². The maximum absolute atomic E-state index is 11.8. The Hall–Kier alpha value is -3.83. The summed E-state index contributed by atoms with van der Waals surface area (Å²) in [6, 6.07) is 12.8. The van der Waals surface area contributed by atoms with Crippen LogP contribution in [0.5, 0.6) is 0 Å². The summed E-state index contributed by atoms with van der Waals surface area (Å²) in [6.07, 6.45) is 0. The lowest BCUT2D eigenvalue weighted by Crippen LogP contribution is -2.17. The van der Waals surface area contributed by atoms with Crippen LogP contribution in [0.4, 0.5) is 5.95 Å². The first-order valence-corrected chi connectivity index (χ1v) is 10.3. The minimum atomic E-state index is -3.88. The highest BCUT2D eigenvalue weighted by molar-refractivity contribution is 7.89. The number of nitrogens with one attached hydrogen (secondary N) is 2. The molecule has 30 heavy (non-hydrogen) atoms. The van der Waals surface area contributed by atoms with E-state index < -0.39 is 10.0 Å². The number of carbonyl (C=O) groups is 1. The molecule has 4 aromatic rings. The molecule has 10 nitrogen and oxygen atoms in total. The Bertz CT molecular complexity index is 1380. The standard InChI is InChI=1S/C19H17N7O3S/c1-22-18(27)11-7-5-10(6-8-11)14-15-17(26-19(20)24-15)25-16(23-14)12-3-2-4-13(9-12)30(21,28)29/h2-9H,1H3,(H,22,27)(H2,21,28,29)(H3,20,23,24,25,26). The number of anilines is 1. The van der Waals surface area contributed by atoms with Gasteiger partial charge in [0, 0.05) is 23.7 Å². The second kappa shape index (κ2) is 7.21. The number of imidazole rings is 1. The molecule has 0 aliphatic rings. The van der Waals surface area contributed by atoms with Crippen LogP contribution in [0.25, 0.3) is 33.8 Å². The van der Waals surface area contributed by atoms with E-state index in [0.29, 0.717) is 33.5 Å². The van der Waals surface area contributed by atoms with Gasteiger partial charge in [0.15, 0.2) is 17.4 Å². The van der Waals surface area contributed by atoms with Crippen molar-refractivity contribution in [1.29, 1.82) is 0 Å². The predicted octanol–water partition coefficient (Wildman–Crippen LogP) is 1.28. The number of nitrogens with zero attached hydrogens (tertiary/aromatic N) is 3. The Morgan fingerprint density at radius 2 is 1.77 bits per heavy atom. The second-order valence-electron chi connectivity index (χ2n) is 6.45. The number of carbonyl (C=O) groups excluding carboxylic acids is 1. The van der Waals surface area contributed by atoms with Crippen molar-refractivity contribution in [3.8, 4) is 22.6 Å². The van der Waals surface area contributed by atoms with E-state index in [0.717, 1.165) is 0 Å². The van der Waals surface area contributed by atoms with Crippen molar-refractivity contribution in [2.24, 2.45) is 5.14 Å². The summed E-state index contributed by atoms with van der Waals surface area (Å²) in [6.45, 7) is 0. The van der Waals surface area contributed by atoms with Gasteiger partial charge in [-0.25, -0.2) is 23.5 Å². The molecule has 2 heterocycles. The molecule has 11 heteroatoms. The van der Waals surface area contributed by atoms with Gasteiger partial charge in [-0.1, -0.05) is 24.3 Å². The van der Waals surface area contributed by atoms with Gasteiger partial charge in [-0.2, -0.15) is 4.98 Å². The van der Waals surface area contributed by atoms with Gasteiger partial charge in [0.1, 0.15) is 11.2 Å². The lowest BCUT2D eigenvalue weighted by atomic mass is 10.1. The summed E-state index contributed by atoms with van der Waals surface area (Å²) in [5.41, 5.74) is 8.80. The fourth-order valence-corrected chi connectivity index (χ4v) is 3.55. The number of hydrogen-bond donors (Lipinski definition) is 4. The number of nitrogen functional groups attached to an aromatic ring is 1. The molecule has 0 atom stereocenters. The number of fused-ring (bicyclic) bond motifs is 1. The van der Waals surface area contributed by atoms with Gasteiger partial charge in [-0.15, -0.1) is 0 Å². The van der Waals surface area contributed by atoms with E-state index in [9.17, 15) is 13.2 Å². The summed E-state index contributed by atoms with van der Waals surface area (Å²) >= 11 is 0. The molecule has 0 fully saturated rings. The van der Waals surface area contributed by atoms with Crippen molar-refractivity contribution >= 4 is 33.0 Å². The highest BCUT2D eigenvalue weighted by atomic mass is 32.2. The van der Waals surface area contributed by atoms with E-state index in [-0.39, 0.29) is 22.6 Å². The largest absolute Gasteiger partial charge is 0.369 e. The zero-order valence-electron chi connectivity index (χ0n) is 15.7. The third-order valence-electron chi connectivity index (χ3n) is 4.44. The van der Waals surface area contributed by atoms with E-state index in [4.69, 9.17) is 10.9 Å². The molecular weight excluding hydrogens is 406 g/mol. The van der Waals surface area contributed by atoms with Gasteiger partial charge in [-0.3, -0.25) is 4.79 Å². The zero-order valence-corrected chi connectivity index (χ0v) is 16.6. The van der Waals surface area contributed by atoms with E-state index in [2.05, 4.69) is 25.3 Å². The summed E-state index contributed by atoms with van der Waals surface area (Å²) in [5.74, 6) is 0.212. The first-order chi connectivity index (χ1) is 14.3. The number of sulfonamides is 1. The quantitative estimate of drug-likeness (QED) is 0.383. The van der Waals surface area contributed by atoms with Crippen LogP contribution in [0, 0.1) is 0 Å². The predicted molar refractivity (Wildman–Crippen MR) is 112 cm³/mol. The lowest BCUT2D eigenvalue weighted by Gasteiger charge is -2.08. The monoisotopic (exact) mass is 423 g/mol. The van der Waals surface area contributed by atoms with Crippen molar-refractivity contribution < 1.29 is 13.2 Å². The van der Waals surface area contributed by atoms with E-state index in [1.54, 1.807) is 43.4 Å². The fourth-order valence-electron chi connectivity index (χ4n) is 2.99. The number of amides is 1. The van der Waals surface area contributed by atoms with Crippen molar-refractivity contribution in [3.05, 3.63) is 54.1 Å². The molecule has 0 saturated carbocycles. The lowest BCUT2D eigenvalue weighted by molar-refractivity contribution is 0.0963. The number of hydrogen-bond acceptors (Lipinski definition) is 7. The third-order valence-corrected chi connectivity index (χ3v) is 5.35. The number of aromatic amines is 1. The first-order valence-electron chi connectivity index (χ1n) is 8.75. The molecule has 0 bridgehead atoms. The van der Waals surface area contributed by atoms with Gasteiger partial charge < -0.3 is 16.0 Å². The van der Waals surface area contributed by atoms with Crippen LogP contribution in [-0.2, 0) is 10.0 Å². The van der Waals surface area contributed by atoms with Gasteiger partial charge in [0.05, 0.1) is 4.90 Å². The molecule has 152 valence electrons. The van der Waals surface area contributed by atoms with Gasteiger partial charge in [0.2, 0.25) is 10.0 Å². The molecule has 0 saturated heterocycles. The average Bonchev–Trinajstić information content (AvgIpc) is 3.12. The van der Waals surface area contributed by atoms with E-state index in [1.807, 2.05) is 0 Å². The first kappa shape index (κ1) is 19.5. The molecule has 6 N–H and O–H groups in total. The maximum Gasteiger partial charge on any atom is 0.251 e. The Kier molecular flexibility index (Phi) is 4.68. The van der Waals surface area contributed by atoms with Crippen LogP contribution in [0.15, 0.2) is 53.4 Å². The SMILES string of the molecule is CNC(=O)c1ccc(-c2nc(-c3cccc(S(N)(=O)=O)c3)nc3nc(N)[nH]c23)cc1. The molecule has 2 aromatic heterocycles. The number of benzene rings is 2. The van der Waals surface area contributed by atoms with E-state index >= 15 is 0 Å². The van der Waals surface area contributed by atoms with Crippen molar-refractivity contribution in [2.75, 3.05) is 12.8 Å². The highest BCUT2D eigenvalue weighted by Gasteiger charge is 2.17. The maximum atomic E-state index is 11.8. The van der Waals surface area contributed by atoms with Crippen molar-refractivity contribution in [1.82, 2.24) is 25.3 Å². The van der Waals surface area contributed by atoms with E-state index in [1.165, 1.54) is 12.1 Å². The normalized spacial score (nSPS) is 11.5. The van der Waals surface area contributed by atoms with Crippen LogP contribution >= 0.6 is 0 Å². The zero-order chi connectivity index (χ0) is 21.5. The minimum absolute atomic E-state index is 0.0540. The second-order valence-corrected chi connectivity index (χ2v) is 8.01. The van der Waals surface area contributed by atoms with Gasteiger partial charge >= 0.3 is 0 Å². The minimum Gasteiger partial charge on any atom is -0.369 e. The molecule has 0 radical (unpaired) electrons. The number of aromatic nitrogens is 4. The van der Waals surface area contributed by atoms with Gasteiger partial charge in [0.25, 0.3) is 5.91 Å². The van der Waals surface area contributed by atoms with Crippen LogP contribution in [0.1, 0.15) is 10.4 Å². The Labute approximate surface area is 171 Å². The molecule has 2 aromatic carbocycles. The number of primary sulfonamides is 1. The smallest absolute Gasteiger partial charge is 0.251 e.